The van der Waals surface area contributed by atoms with Crippen molar-refractivity contribution in [3.05, 3.63) is 22.4 Å². The molecule has 1 aromatic heterocycles. The summed E-state index contributed by atoms with van der Waals surface area (Å²) in [6.45, 7) is 4.40. The van der Waals surface area contributed by atoms with Crippen LogP contribution in [0.2, 0.25) is 0 Å². The van der Waals surface area contributed by atoms with Gasteiger partial charge in [0, 0.05) is 4.88 Å². The first-order valence-electron chi connectivity index (χ1n) is 6.40. The van der Waals surface area contributed by atoms with Gasteiger partial charge in [0.1, 0.15) is 5.41 Å². The first-order valence-corrected chi connectivity index (χ1v) is 7.28. The second-order valence-electron chi connectivity index (χ2n) is 4.88. The maximum atomic E-state index is 12.3. The van der Waals surface area contributed by atoms with Gasteiger partial charge in [0.25, 0.3) is 0 Å². The second kappa shape index (κ2) is 5.21. The highest BCUT2D eigenvalue weighted by Crippen LogP contribution is 2.44. The molecule has 1 heterocycles. The molecule has 0 bridgehead atoms. The van der Waals surface area contributed by atoms with E-state index in [0.717, 1.165) is 17.7 Å². The van der Waals surface area contributed by atoms with Crippen molar-refractivity contribution in [2.45, 2.75) is 44.9 Å². The Kier molecular flexibility index (Phi) is 3.87. The predicted molar refractivity (Wildman–Crippen MR) is 70.3 cm³/mol. The minimum Gasteiger partial charge on any atom is -0.465 e. The summed E-state index contributed by atoms with van der Waals surface area (Å²) < 4.78 is 5.31. The first kappa shape index (κ1) is 12.6. The fraction of sp³-hybridized carbons (Fsp3) is 0.643. The van der Waals surface area contributed by atoms with Crippen LogP contribution in [-0.4, -0.2) is 12.6 Å². The highest BCUT2D eigenvalue weighted by molar-refractivity contribution is 7.10. The molecule has 0 aromatic carbocycles. The number of thiophene rings is 1. The molecule has 1 atom stereocenters. The van der Waals surface area contributed by atoms with E-state index in [9.17, 15) is 4.79 Å². The van der Waals surface area contributed by atoms with Crippen LogP contribution in [0.1, 0.15) is 44.4 Å². The molecule has 1 aliphatic rings. The Morgan fingerprint density at radius 3 is 2.76 bits per heavy atom. The van der Waals surface area contributed by atoms with Gasteiger partial charge < -0.3 is 4.74 Å². The van der Waals surface area contributed by atoms with Crippen LogP contribution >= 0.6 is 11.3 Å². The molecule has 1 aromatic rings. The molecule has 3 heteroatoms. The number of esters is 1. The molecule has 0 aliphatic heterocycles. The highest BCUT2D eigenvalue weighted by atomic mass is 32.1. The van der Waals surface area contributed by atoms with Crippen LogP contribution in [0.25, 0.3) is 0 Å². The average molecular weight is 252 g/mol. The molecule has 1 fully saturated rings. The van der Waals surface area contributed by atoms with Gasteiger partial charge in [0.2, 0.25) is 0 Å². The van der Waals surface area contributed by atoms with Crippen LogP contribution in [0.5, 0.6) is 0 Å². The lowest BCUT2D eigenvalue weighted by Crippen LogP contribution is -2.40. The standard InChI is InChI=1S/C14H20O2S/c1-3-16-13(15)14(2,11-7-4-5-8-11)12-9-6-10-17-12/h6,9-11H,3-5,7-8H2,1-2H3. The third kappa shape index (κ3) is 2.25. The zero-order chi connectivity index (χ0) is 12.3. The Balaban J connectivity index is 2.31. The lowest BCUT2D eigenvalue weighted by Gasteiger charge is -2.32. The number of hydrogen-bond acceptors (Lipinski definition) is 3. The van der Waals surface area contributed by atoms with E-state index in [4.69, 9.17) is 4.74 Å². The van der Waals surface area contributed by atoms with Crippen LogP contribution in [0.15, 0.2) is 17.5 Å². The Labute approximate surface area is 107 Å². The van der Waals surface area contributed by atoms with Crippen molar-refractivity contribution in [1.82, 2.24) is 0 Å². The van der Waals surface area contributed by atoms with Crippen LogP contribution in [0, 0.1) is 5.92 Å². The topological polar surface area (TPSA) is 26.3 Å². The van der Waals surface area contributed by atoms with Gasteiger partial charge >= 0.3 is 5.97 Å². The molecular weight excluding hydrogens is 232 g/mol. The minimum atomic E-state index is -0.430. The second-order valence-corrected chi connectivity index (χ2v) is 5.83. The Morgan fingerprint density at radius 2 is 2.24 bits per heavy atom. The van der Waals surface area contributed by atoms with Gasteiger partial charge in [-0.3, -0.25) is 4.79 Å². The van der Waals surface area contributed by atoms with Crippen molar-refractivity contribution < 1.29 is 9.53 Å². The summed E-state index contributed by atoms with van der Waals surface area (Å²) in [5, 5.41) is 2.04. The van der Waals surface area contributed by atoms with E-state index in [1.165, 1.54) is 12.8 Å². The molecule has 94 valence electrons. The smallest absolute Gasteiger partial charge is 0.317 e. The van der Waals surface area contributed by atoms with E-state index in [1.54, 1.807) is 11.3 Å². The van der Waals surface area contributed by atoms with E-state index < -0.39 is 5.41 Å². The summed E-state index contributed by atoms with van der Waals surface area (Å²) in [6.07, 6.45) is 4.77. The van der Waals surface area contributed by atoms with E-state index in [-0.39, 0.29) is 5.97 Å². The fourth-order valence-electron chi connectivity index (χ4n) is 2.83. The number of carbonyl (C=O) groups is 1. The van der Waals surface area contributed by atoms with E-state index in [1.807, 2.05) is 18.4 Å². The maximum absolute atomic E-state index is 12.3. The monoisotopic (exact) mass is 252 g/mol. The molecule has 2 rings (SSSR count). The zero-order valence-electron chi connectivity index (χ0n) is 10.6. The van der Waals surface area contributed by atoms with Crippen molar-refractivity contribution >= 4 is 17.3 Å². The van der Waals surface area contributed by atoms with Crippen molar-refractivity contribution in [3.8, 4) is 0 Å². The molecule has 1 aliphatic carbocycles. The quantitative estimate of drug-likeness (QED) is 0.763. The number of ether oxygens (including phenoxy) is 1. The SMILES string of the molecule is CCOC(=O)C(C)(c1cccs1)C1CCCC1. The van der Waals surface area contributed by atoms with Crippen molar-refractivity contribution in [2.24, 2.45) is 5.92 Å². The summed E-state index contributed by atoms with van der Waals surface area (Å²) in [4.78, 5) is 13.5. The van der Waals surface area contributed by atoms with Crippen LogP contribution in [0.3, 0.4) is 0 Å². The van der Waals surface area contributed by atoms with E-state index in [0.29, 0.717) is 12.5 Å². The molecule has 0 amide bonds. The molecule has 17 heavy (non-hydrogen) atoms. The van der Waals surface area contributed by atoms with Gasteiger partial charge in [-0.25, -0.2) is 0 Å². The Hall–Kier alpha value is -0.830. The highest BCUT2D eigenvalue weighted by Gasteiger charge is 2.45. The van der Waals surface area contributed by atoms with Gasteiger partial charge in [0.05, 0.1) is 6.61 Å². The van der Waals surface area contributed by atoms with Crippen molar-refractivity contribution in [3.63, 3.8) is 0 Å². The summed E-state index contributed by atoms with van der Waals surface area (Å²) >= 11 is 1.67. The largest absolute Gasteiger partial charge is 0.465 e. The molecule has 1 unspecified atom stereocenters. The third-order valence-electron chi connectivity index (χ3n) is 3.90. The number of hydrogen-bond donors (Lipinski definition) is 0. The molecule has 1 saturated carbocycles. The molecular formula is C14H20O2S. The fourth-order valence-corrected chi connectivity index (χ4v) is 3.78. The molecule has 0 saturated heterocycles. The summed E-state index contributed by atoms with van der Waals surface area (Å²) in [7, 11) is 0. The van der Waals surface area contributed by atoms with Crippen LogP contribution in [0.4, 0.5) is 0 Å². The Morgan fingerprint density at radius 1 is 1.53 bits per heavy atom. The Bertz CT molecular complexity index is 366. The lowest BCUT2D eigenvalue weighted by atomic mass is 9.75. The van der Waals surface area contributed by atoms with Gasteiger partial charge in [-0.2, -0.15) is 0 Å². The maximum Gasteiger partial charge on any atom is 0.317 e. The zero-order valence-corrected chi connectivity index (χ0v) is 11.4. The van der Waals surface area contributed by atoms with Crippen LogP contribution in [-0.2, 0) is 14.9 Å². The summed E-state index contributed by atoms with van der Waals surface area (Å²) in [5.74, 6) is 0.398. The number of carbonyl (C=O) groups excluding carboxylic acids is 1. The average Bonchev–Trinajstić information content (AvgIpc) is 3.01. The van der Waals surface area contributed by atoms with Crippen LogP contribution < -0.4 is 0 Å². The van der Waals surface area contributed by atoms with Gasteiger partial charge in [-0.15, -0.1) is 11.3 Å². The van der Waals surface area contributed by atoms with Gasteiger partial charge in [0.15, 0.2) is 0 Å². The normalized spacial score (nSPS) is 20.1. The van der Waals surface area contributed by atoms with Gasteiger partial charge in [-0.1, -0.05) is 18.9 Å². The third-order valence-corrected chi connectivity index (χ3v) is 5.01. The van der Waals surface area contributed by atoms with Crippen molar-refractivity contribution in [1.29, 1.82) is 0 Å². The lowest BCUT2D eigenvalue weighted by molar-refractivity contribution is -0.151. The summed E-state index contributed by atoms with van der Waals surface area (Å²) in [6, 6.07) is 4.09. The van der Waals surface area contributed by atoms with Gasteiger partial charge in [-0.05, 0) is 44.1 Å². The molecule has 2 nitrogen and oxygen atoms in total. The minimum absolute atomic E-state index is 0.0469. The predicted octanol–water partition coefficient (Wildman–Crippen LogP) is 3.76. The first-order chi connectivity index (χ1) is 8.19. The molecule has 0 radical (unpaired) electrons. The molecule has 0 N–H and O–H groups in total. The number of rotatable bonds is 4. The van der Waals surface area contributed by atoms with E-state index in [2.05, 4.69) is 13.0 Å². The van der Waals surface area contributed by atoms with E-state index >= 15 is 0 Å². The molecule has 0 spiro atoms. The van der Waals surface area contributed by atoms with Crippen molar-refractivity contribution in [2.75, 3.05) is 6.61 Å². The summed E-state index contributed by atoms with van der Waals surface area (Å²) in [5.41, 5.74) is -0.430.